The first kappa shape index (κ1) is 18.2. The molecule has 5 nitrogen and oxygen atoms in total. The van der Waals surface area contributed by atoms with Gasteiger partial charge in [-0.1, -0.05) is 41.1 Å². The van der Waals surface area contributed by atoms with Crippen molar-refractivity contribution in [3.8, 4) is 18.2 Å². The van der Waals surface area contributed by atoms with Crippen molar-refractivity contribution in [2.24, 2.45) is 17.1 Å². The molecule has 0 saturated carbocycles. The Kier molecular flexibility index (Phi) is 4.88. The zero-order chi connectivity index (χ0) is 18.9. The lowest BCUT2D eigenvalue weighted by molar-refractivity contribution is 0.214. The van der Waals surface area contributed by atoms with Gasteiger partial charge in [0.2, 0.25) is 0 Å². The molecule has 1 heterocycles. The van der Waals surface area contributed by atoms with Crippen LogP contribution in [-0.2, 0) is 0 Å². The molecule has 2 N–H and O–H groups in total. The minimum atomic E-state index is -1.56. The Morgan fingerprint density at radius 1 is 1.31 bits per heavy atom. The summed E-state index contributed by atoms with van der Waals surface area (Å²) in [6.07, 6.45) is 2.02. The lowest BCUT2D eigenvalue weighted by Gasteiger charge is -2.45. The van der Waals surface area contributed by atoms with Gasteiger partial charge in [0, 0.05) is 29.4 Å². The molecule has 0 unspecified atom stereocenters. The first-order chi connectivity index (χ1) is 12.5. The Balaban J connectivity index is 2.32. The number of nitriles is 3. The Bertz CT molecular complexity index is 911. The van der Waals surface area contributed by atoms with Crippen LogP contribution in [0.5, 0.6) is 0 Å². The minimum Gasteiger partial charge on any atom is -0.399 e. The van der Waals surface area contributed by atoms with E-state index >= 15 is 0 Å². The predicted molar refractivity (Wildman–Crippen MR) is 101 cm³/mol. The standard InChI is InChI=1S/C20H18BrN5/c1-2-26-7-6-15-16(9-22)19(25)20(11-23,12-24)18(17(15)10-26)13-4-3-5-14(21)8-13/h3-6,8,17-18H,2,7,10,25H2,1H3/t17-,18+/m0/s1. The summed E-state index contributed by atoms with van der Waals surface area (Å²) in [6.45, 7) is 4.35. The number of hydrogen-bond acceptors (Lipinski definition) is 5. The van der Waals surface area contributed by atoms with Gasteiger partial charge < -0.3 is 5.73 Å². The zero-order valence-corrected chi connectivity index (χ0v) is 16.0. The van der Waals surface area contributed by atoms with Crippen molar-refractivity contribution in [3.05, 3.63) is 57.2 Å². The summed E-state index contributed by atoms with van der Waals surface area (Å²) in [7, 11) is 0. The third-order valence-electron chi connectivity index (χ3n) is 5.40. The minimum absolute atomic E-state index is 0.0717. The lowest BCUT2D eigenvalue weighted by Crippen LogP contribution is -2.48. The van der Waals surface area contributed by atoms with Crippen molar-refractivity contribution in [2.75, 3.05) is 19.6 Å². The first-order valence-electron chi connectivity index (χ1n) is 8.43. The fourth-order valence-corrected chi connectivity index (χ4v) is 4.49. The van der Waals surface area contributed by atoms with Crippen molar-refractivity contribution in [1.29, 1.82) is 15.8 Å². The maximum absolute atomic E-state index is 10.00. The summed E-state index contributed by atoms with van der Waals surface area (Å²) >= 11 is 3.48. The number of fused-ring (bicyclic) bond motifs is 1. The quantitative estimate of drug-likeness (QED) is 0.810. The summed E-state index contributed by atoms with van der Waals surface area (Å²) in [5.41, 5.74) is 6.81. The number of allylic oxidation sites excluding steroid dienone is 2. The van der Waals surface area contributed by atoms with Crippen LogP contribution in [0.25, 0.3) is 0 Å². The molecule has 26 heavy (non-hydrogen) atoms. The van der Waals surface area contributed by atoms with Crippen molar-refractivity contribution < 1.29 is 0 Å². The van der Waals surface area contributed by atoms with Crippen LogP contribution in [0, 0.1) is 45.3 Å². The number of halogens is 1. The van der Waals surface area contributed by atoms with Gasteiger partial charge in [0.25, 0.3) is 0 Å². The van der Waals surface area contributed by atoms with Crippen LogP contribution in [0.15, 0.2) is 51.7 Å². The molecular weight excluding hydrogens is 390 g/mol. The highest BCUT2D eigenvalue weighted by Crippen LogP contribution is 2.54. The molecule has 130 valence electrons. The molecule has 0 spiro atoms. The molecule has 1 aliphatic carbocycles. The molecule has 0 fully saturated rings. The summed E-state index contributed by atoms with van der Waals surface area (Å²) in [5, 5.41) is 29.7. The van der Waals surface area contributed by atoms with Gasteiger partial charge in [-0.15, -0.1) is 0 Å². The van der Waals surface area contributed by atoms with E-state index in [2.05, 4.69) is 46.0 Å². The maximum Gasteiger partial charge on any atom is 0.191 e. The van der Waals surface area contributed by atoms with E-state index in [1.807, 2.05) is 30.3 Å². The van der Waals surface area contributed by atoms with Crippen LogP contribution >= 0.6 is 15.9 Å². The van der Waals surface area contributed by atoms with Gasteiger partial charge in [-0.3, -0.25) is 4.90 Å². The Labute approximate surface area is 161 Å². The monoisotopic (exact) mass is 407 g/mol. The third kappa shape index (κ3) is 2.61. The molecule has 0 amide bonds. The molecule has 0 bridgehead atoms. The second-order valence-corrected chi connectivity index (χ2v) is 7.50. The fourth-order valence-electron chi connectivity index (χ4n) is 4.07. The molecule has 2 atom stereocenters. The highest BCUT2D eigenvalue weighted by Gasteiger charge is 2.54. The van der Waals surface area contributed by atoms with E-state index in [4.69, 9.17) is 5.73 Å². The van der Waals surface area contributed by atoms with Crippen LogP contribution in [0.2, 0.25) is 0 Å². The first-order valence-corrected chi connectivity index (χ1v) is 9.22. The van der Waals surface area contributed by atoms with Crippen molar-refractivity contribution in [2.45, 2.75) is 12.8 Å². The molecule has 1 aliphatic heterocycles. The number of nitrogens with zero attached hydrogens (tertiary/aromatic N) is 4. The second-order valence-electron chi connectivity index (χ2n) is 6.58. The van der Waals surface area contributed by atoms with Crippen LogP contribution in [0.4, 0.5) is 0 Å². The summed E-state index contributed by atoms with van der Waals surface area (Å²) in [6, 6.07) is 14.1. The van der Waals surface area contributed by atoms with E-state index in [1.165, 1.54) is 0 Å². The van der Waals surface area contributed by atoms with Gasteiger partial charge >= 0.3 is 0 Å². The fraction of sp³-hybridized carbons (Fsp3) is 0.350. The van der Waals surface area contributed by atoms with Crippen molar-refractivity contribution >= 4 is 15.9 Å². The normalized spacial score (nSPS) is 24.7. The predicted octanol–water partition coefficient (Wildman–Crippen LogP) is 3.19. The van der Waals surface area contributed by atoms with Crippen molar-refractivity contribution in [1.82, 2.24) is 4.90 Å². The molecule has 1 aromatic carbocycles. The summed E-state index contributed by atoms with van der Waals surface area (Å²) in [4.78, 5) is 2.25. The number of rotatable bonds is 2. The van der Waals surface area contributed by atoms with Gasteiger partial charge in [0.1, 0.15) is 6.07 Å². The van der Waals surface area contributed by atoms with Gasteiger partial charge in [-0.2, -0.15) is 15.8 Å². The molecule has 3 rings (SSSR count). The van der Waals surface area contributed by atoms with Crippen molar-refractivity contribution in [3.63, 3.8) is 0 Å². The smallest absolute Gasteiger partial charge is 0.191 e. The SMILES string of the molecule is CCN1CC=C2C(C#N)=C(N)C(C#N)(C#N)[C@H](c3cccc(Br)c3)[C@H]2C1. The highest BCUT2D eigenvalue weighted by atomic mass is 79.9. The molecule has 2 aliphatic rings. The van der Waals surface area contributed by atoms with Crippen LogP contribution < -0.4 is 5.73 Å². The van der Waals surface area contributed by atoms with E-state index < -0.39 is 11.3 Å². The van der Waals surface area contributed by atoms with E-state index in [0.717, 1.165) is 28.7 Å². The maximum atomic E-state index is 10.00. The van der Waals surface area contributed by atoms with Crippen LogP contribution in [0.1, 0.15) is 18.4 Å². The average Bonchev–Trinajstić information content (AvgIpc) is 2.66. The Morgan fingerprint density at radius 2 is 2.04 bits per heavy atom. The molecule has 1 aromatic rings. The third-order valence-corrected chi connectivity index (χ3v) is 5.89. The summed E-state index contributed by atoms with van der Waals surface area (Å²) < 4.78 is 0.877. The van der Waals surface area contributed by atoms with Gasteiger partial charge in [0.15, 0.2) is 5.41 Å². The van der Waals surface area contributed by atoms with Gasteiger partial charge in [-0.25, -0.2) is 0 Å². The van der Waals surface area contributed by atoms with Crippen LogP contribution in [0.3, 0.4) is 0 Å². The number of benzene rings is 1. The highest BCUT2D eigenvalue weighted by molar-refractivity contribution is 9.10. The van der Waals surface area contributed by atoms with Gasteiger partial charge in [-0.05, 0) is 29.8 Å². The number of nitrogens with two attached hydrogens (primary N) is 1. The Hall–Kier alpha value is -2.59. The second kappa shape index (κ2) is 6.96. The van der Waals surface area contributed by atoms with E-state index in [-0.39, 0.29) is 11.6 Å². The molecular formula is C20H18BrN5. The number of hydrogen-bond donors (Lipinski definition) is 1. The van der Waals surface area contributed by atoms with E-state index in [9.17, 15) is 15.8 Å². The largest absolute Gasteiger partial charge is 0.399 e. The van der Waals surface area contributed by atoms with E-state index in [1.54, 1.807) is 0 Å². The zero-order valence-electron chi connectivity index (χ0n) is 14.4. The topological polar surface area (TPSA) is 101 Å². The number of likely N-dealkylation sites (N-methyl/N-ethyl adjacent to an activating group) is 1. The van der Waals surface area contributed by atoms with Gasteiger partial charge in [0.05, 0.1) is 23.4 Å². The summed E-state index contributed by atoms with van der Waals surface area (Å²) in [5.74, 6) is -0.577. The van der Waals surface area contributed by atoms with Crippen LogP contribution in [-0.4, -0.2) is 24.5 Å². The Morgan fingerprint density at radius 3 is 2.62 bits per heavy atom. The lowest BCUT2D eigenvalue weighted by atomic mass is 9.58. The van der Waals surface area contributed by atoms with E-state index in [0.29, 0.717) is 12.1 Å². The average molecular weight is 408 g/mol. The molecule has 6 heteroatoms. The molecule has 0 aromatic heterocycles. The molecule has 0 radical (unpaired) electrons. The molecule has 0 saturated heterocycles.